The van der Waals surface area contributed by atoms with Crippen molar-refractivity contribution in [3.63, 3.8) is 0 Å². The molecular formula is C19H30N8. The largest absolute Gasteiger partial charge is 0.357 e. The Morgan fingerprint density at radius 2 is 2.19 bits per heavy atom. The van der Waals surface area contributed by atoms with Gasteiger partial charge in [0.1, 0.15) is 12.4 Å². The second-order valence-electron chi connectivity index (χ2n) is 7.54. The predicted octanol–water partition coefficient (Wildman–Crippen LogP) is 1.69. The average molecular weight is 371 g/mol. The van der Waals surface area contributed by atoms with E-state index in [9.17, 15) is 0 Å². The van der Waals surface area contributed by atoms with Crippen LogP contribution in [0.2, 0.25) is 0 Å². The monoisotopic (exact) mass is 370 g/mol. The van der Waals surface area contributed by atoms with Crippen molar-refractivity contribution in [3.8, 4) is 0 Å². The summed E-state index contributed by atoms with van der Waals surface area (Å²) in [7, 11) is 1.98. The Morgan fingerprint density at radius 1 is 1.26 bits per heavy atom. The molecule has 0 aromatic carbocycles. The molecule has 1 N–H and O–H groups in total. The van der Waals surface area contributed by atoms with Crippen molar-refractivity contribution in [1.82, 2.24) is 34.8 Å². The van der Waals surface area contributed by atoms with Gasteiger partial charge in [-0.3, -0.25) is 4.68 Å². The number of hydrogen-bond acceptors (Lipinski definition) is 4. The van der Waals surface area contributed by atoms with Gasteiger partial charge in [-0.1, -0.05) is 6.42 Å². The summed E-state index contributed by atoms with van der Waals surface area (Å²) >= 11 is 0. The highest BCUT2D eigenvalue weighted by Crippen LogP contribution is 2.26. The molecule has 2 aromatic heterocycles. The summed E-state index contributed by atoms with van der Waals surface area (Å²) in [5, 5.41) is 16.6. The lowest BCUT2D eigenvalue weighted by Gasteiger charge is -2.21. The first-order valence-corrected chi connectivity index (χ1v) is 10.2. The van der Waals surface area contributed by atoms with Crippen LogP contribution >= 0.6 is 0 Å². The van der Waals surface area contributed by atoms with Gasteiger partial charge in [-0.05, 0) is 31.7 Å². The Hall–Kier alpha value is -2.38. The number of aliphatic imine (C=N–C) groups is 1. The van der Waals surface area contributed by atoms with E-state index in [1.165, 1.54) is 24.8 Å². The Balaban J connectivity index is 1.46. The zero-order valence-electron chi connectivity index (χ0n) is 16.4. The van der Waals surface area contributed by atoms with E-state index in [1.54, 1.807) is 0 Å². The Labute approximate surface area is 160 Å². The number of guanidine groups is 1. The molecule has 27 heavy (non-hydrogen) atoms. The molecule has 0 saturated carbocycles. The van der Waals surface area contributed by atoms with Crippen LogP contribution in [0.15, 0.2) is 17.4 Å². The van der Waals surface area contributed by atoms with Crippen LogP contribution < -0.4 is 5.32 Å². The van der Waals surface area contributed by atoms with Crippen molar-refractivity contribution in [2.24, 2.45) is 12.0 Å². The fourth-order valence-corrected chi connectivity index (χ4v) is 4.11. The van der Waals surface area contributed by atoms with Gasteiger partial charge >= 0.3 is 0 Å². The third-order valence-corrected chi connectivity index (χ3v) is 5.58. The minimum absolute atomic E-state index is 0.520. The van der Waals surface area contributed by atoms with Gasteiger partial charge in [0, 0.05) is 51.8 Å². The van der Waals surface area contributed by atoms with E-state index in [2.05, 4.69) is 43.2 Å². The first-order valence-electron chi connectivity index (χ1n) is 10.2. The molecule has 1 fully saturated rings. The van der Waals surface area contributed by atoms with Crippen LogP contribution in [0.25, 0.3) is 0 Å². The van der Waals surface area contributed by atoms with Crippen LogP contribution in [0.3, 0.4) is 0 Å². The SMILES string of the molecule is CCNC(=NCc1nnc2n1CCCCC2)N1CCC(c2cnn(C)c2)C1. The predicted molar refractivity (Wildman–Crippen MR) is 105 cm³/mol. The van der Waals surface area contributed by atoms with Crippen LogP contribution in [0.5, 0.6) is 0 Å². The molecule has 0 radical (unpaired) electrons. The van der Waals surface area contributed by atoms with Gasteiger partial charge in [0.15, 0.2) is 11.8 Å². The number of nitrogens with zero attached hydrogens (tertiary/aromatic N) is 7. The van der Waals surface area contributed by atoms with Gasteiger partial charge in [0.2, 0.25) is 0 Å². The normalized spacial score (nSPS) is 20.6. The van der Waals surface area contributed by atoms with Gasteiger partial charge in [-0.25, -0.2) is 4.99 Å². The molecular weight excluding hydrogens is 340 g/mol. The minimum atomic E-state index is 0.520. The van der Waals surface area contributed by atoms with E-state index in [-0.39, 0.29) is 0 Å². The standard InChI is InChI=1S/C19H30N8/c1-3-20-19(26-10-8-15(14-26)16-11-22-25(2)13-16)21-12-18-24-23-17-7-5-4-6-9-27(17)18/h11,13,15H,3-10,12,14H2,1-2H3,(H,20,21). The first kappa shape index (κ1) is 18.0. The molecule has 0 spiro atoms. The zero-order chi connectivity index (χ0) is 18.6. The lowest BCUT2D eigenvalue weighted by atomic mass is 10.0. The lowest BCUT2D eigenvalue weighted by Crippen LogP contribution is -2.40. The molecule has 1 unspecified atom stereocenters. The summed E-state index contributed by atoms with van der Waals surface area (Å²) in [5.41, 5.74) is 1.32. The van der Waals surface area contributed by atoms with Gasteiger partial charge in [-0.15, -0.1) is 10.2 Å². The maximum Gasteiger partial charge on any atom is 0.194 e. The maximum atomic E-state index is 4.90. The quantitative estimate of drug-likeness (QED) is 0.655. The highest BCUT2D eigenvalue weighted by Gasteiger charge is 2.27. The molecule has 0 aliphatic carbocycles. The Morgan fingerprint density at radius 3 is 3.00 bits per heavy atom. The third-order valence-electron chi connectivity index (χ3n) is 5.58. The number of fused-ring (bicyclic) bond motifs is 1. The van der Waals surface area contributed by atoms with Crippen LogP contribution in [-0.4, -0.2) is 55.0 Å². The van der Waals surface area contributed by atoms with E-state index in [0.717, 1.165) is 56.6 Å². The highest BCUT2D eigenvalue weighted by molar-refractivity contribution is 5.80. The minimum Gasteiger partial charge on any atom is -0.357 e. The van der Waals surface area contributed by atoms with Crippen LogP contribution in [0.1, 0.15) is 55.7 Å². The van der Waals surface area contributed by atoms with E-state index in [4.69, 9.17) is 4.99 Å². The smallest absolute Gasteiger partial charge is 0.194 e. The molecule has 8 heteroatoms. The zero-order valence-corrected chi connectivity index (χ0v) is 16.4. The molecule has 1 atom stereocenters. The first-order chi connectivity index (χ1) is 13.2. The van der Waals surface area contributed by atoms with Crippen LogP contribution in [0, 0.1) is 0 Å². The van der Waals surface area contributed by atoms with Crippen molar-refractivity contribution in [2.75, 3.05) is 19.6 Å². The summed E-state index contributed by atoms with van der Waals surface area (Å²) in [4.78, 5) is 7.26. The van der Waals surface area contributed by atoms with Crippen LogP contribution in [0.4, 0.5) is 0 Å². The molecule has 8 nitrogen and oxygen atoms in total. The molecule has 2 aliphatic rings. The van der Waals surface area contributed by atoms with E-state index in [0.29, 0.717) is 12.5 Å². The second-order valence-corrected chi connectivity index (χ2v) is 7.54. The number of rotatable bonds is 4. The van der Waals surface area contributed by atoms with Gasteiger partial charge in [0.05, 0.1) is 6.20 Å². The molecule has 2 aliphatic heterocycles. The van der Waals surface area contributed by atoms with Crippen molar-refractivity contribution < 1.29 is 0 Å². The van der Waals surface area contributed by atoms with E-state index < -0.39 is 0 Å². The van der Waals surface area contributed by atoms with Crippen molar-refractivity contribution >= 4 is 5.96 Å². The van der Waals surface area contributed by atoms with Crippen LogP contribution in [-0.2, 0) is 26.6 Å². The van der Waals surface area contributed by atoms with Crippen molar-refractivity contribution in [1.29, 1.82) is 0 Å². The average Bonchev–Trinajstić information content (AvgIpc) is 3.36. The summed E-state index contributed by atoms with van der Waals surface area (Å²) in [6, 6.07) is 0. The molecule has 0 bridgehead atoms. The van der Waals surface area contributed by atoms with Gasteiger partial charge < -0.3 is 14.8 Å². The number of hydrogen-bond donors (Lipinski definition) is 1. The second kappa shape index (κ2) is 8.10. The highest BCUT2D eigenvalue weighted by atomic mass is 15.3. The molecule has 1 saturated heterocycles. The van der Waals surface area contributed by atoms with Gasteiger partial charge in [0.25, 0.3) is 0 Å². The number of nitrogens with one attached hydrogen (secondary N) is 1. The van der Waals surface area contributed by atoms with E-state index in [1.807, 2.05) is 17.9 Å². The van der Waals surface area contributed by atoms with Gasteiger partial charge in [-0.2, -0.15) is 5.10 Å². The Kier molecular flexibility index (Phi) is 5.40. The third kappa shape index (κ3) is 3.99. The molecule has 4 rings (SSSR count). The number of aryl methyl sites for hydroxylation is 2. The molecule has 2 aromatic rings. The summed E-state index contributed by atoms with van der Waals surface area (Å²) < 4.78 is 4.16. The lowest BCUT2D eigenvalue weighted by molar-refractivity contribution is 0.484. The fourth-order valence-electron chi connectivity index (χ4n) is 4.11. The van der Waals surface area contributed by atoms with Crippen molar-refractivity contribution in [2.45, 2.75) is 58.0 Å². The maximum absolute atomic E-state index is 4.90. The number of likely N-dealkylation sites (tertiary alicyclic amines) is 1. The topological polar surface area (TPSA) is 76.2 Å². The Bertz CT molecular complexity index is 789. The summed E-state index contributed by atoms with van der Waals surface area (Å²) in [6.07, 6.45) is 9.99. The molecule has 4 heterocycles. The summed E-state index contributed by atoms with van der Waals surface area (Å²) in [6.45, 7) is 6.59. The van der Waals surface area contributed by atoms with Crippen molar-refractivity contribution in [3.05, 3.63) is 29.6 Å². The molecule has 0 amide bonds. The molecule has 146 valence electrons. The summed E-state index contributed by atoms with van der Waals surface area (Å²) in [5.74, 6) is 3.62. The number of aromatic nitrogens is 5. The van der Waals surface area contributed by atoms with E-state index >= 15 is 0 Å². The fraction of sp³-hybridized carbons (Fsp3) is 0.684.